The number of piperidine rings is 3. The minimum absolute atomic E-state index is 0.395. The van der Waals surface area contributed by atoms with Crippen LogP contribution in [-0.2, 0) is 4.74 Å². The molecular weight excluding hydrogens is 358 g/mol. The van der Waals surface area contributed by atoms with Crippen LogP contribution < -0.4 is 5.32 Å². The van der Waals surface area contributed by atoms with Gasteiger partial charge in [-0.25, -0.2) is 9.78 Å². The van der Waals surface area contributed by atoms with Crippen LogP contribution in [0, 0.1) is 11.8 Å². The summed E-state index contributed by atoms with van der Waals surface area (Å²) < 4.78 is 5.88. The first-order valence-corrected chi connectivity index (χ1v) is 9.76. The van der Waals surface area contributed by atoms with E-state index in [0.717, 1.165) is 17.0 Å². The zero-order valence-corrected chi connectivity index (χ0v) is 15.4. The van der Waals surface area contributed by atoms with Crippen molar-refractivity contribution in [3.8, 4) is 10.4 Å². The molecule has 7 heteroatoms. The highest BCUT2D eigenvalue weighted by molar-refractivity contribution is 7.19. The smallest absolute Gasteiger partial charge is 0.412 e. The summed E-state index contributed by atoms with van der Waals surface area (Å²) in [5, 5.41) is 2.75. The molecule has 0 spiro atoms. The average molecular weight is 378 g/mol. The number of thiazole rings is 1. The lowest BCUT2D eigenvalue weighted by atomic mass is 9.79. The molecule has 2 bridgehead atoms. The van der Waals surface area contributed by atoms with Gasteiger partial charge in [0, 0.05) is 12.5 Å². The molecule has 1 atom stereocenters. The molecule has 132 valence electrons. The number of benzene rings is 1. The van der Waals surface area contributed by atoms with Gasteiger partial charge in [-0.15, -0.1) is 11.3 Å². The Labute approximate surface area is 156 Å². The van der Waals surface area contributed by atoms with Crippen molar-refractivity contribution < 1.29 is 9.53 Å². The fourth-order valence-corrected chi connectivity index (χ4v) is 4.82. The molecule has 3 aliphatic heterocycles. The van der Waals surface area contributed by atoms with Gasteiger partial charge < -0.3 is 9.64 Å². The molecular formula is C18H20ClN3O2S. The van der Waals surface area contributed by atoms with E-state index in [0.29, 0.717) is 28.7 Å². The molecule has 1 amide bonds. The Bertz CT molecular complexity index is 744. The van der Waals surface area contributed by atoms with E-state index in [1.54, 1.807) is 0 Å². The number of ether oxygens (including phenoxy) is 1. The van der Waals surface area contributed by atoms with Crippen molar-refractivity contribution in [1.82, 2.24) is 9.88 Å². The molecule has 1 aromatic heterocycles. The Morgan fingerprint density at radius 2 is 2.08 bits per heavy atom. The largest absolute Gasteiger partial charge is 0.449 e. The van der Waals surface area contributed by atoms with Crippen molar-refractivity contribution in [2.24, 2.45) is 11.8 Å². The van der Waals surface area contributed by atoms with Crippen molar-refractivity contribution in [3.05, 3.63) is 34.8 Å². The number of rotatable bonds is 4. The maximum atomic E-state index is 12.2. The van der Waals surface area contributed by atoms with Crippen LogP contribution in [0.25, 0.3) is 10.4 Å². The number of carbonyl (C=O) groups excluding carboxylic acids is 1. The molecule has 5 rings (SSSR count). The van der Waals surface area contributed by atoms with Gasteiger partial charge in [0.25, 0.3) is 0 Å². The van der Waals surface area contributed by atoms with Gasteiger partial charge in [0.1, 0.15) is 0 Å². The van der Waals surface area contributed by atoms with E-state index in [2.05, 4.69) is 15.2 Å². The quantitative estimate of drug-likeness (QED) is 0.860. The minimum Gasteiger partial charge on any atom is -0.449 e. The number of nitrogens with zero attached hydrogens (tertiary/aromatic N) is 2. The fourth-order valence-electron chi connectivity index (χ4n) is 3.76. The number of hydrogen-bond acceptors (Lipinski definition) is 5. The normalized spacial score (nSPS) is 24.9. The van der Waals surface area contributed by atoms with Crippen molar-refractivity contribution in [1.29, 1.82) is 0 Å². The Morgan fingerprint density at radius 1 is 1.32 bits per heavy atom. The summed E-state index contributed by atoms with van der Waals surface area (Å²) in [5.74, 6) is 1.59. The predicted molar refractivity (Wildman–Crippen MR) is 100 cm³/mol. The van der Waals surface area contributed by atoms with E-state index in [1.807, 2.05) is 30.3 Å². The van der Waals surface area contributed by atoms with Crippen LogP contribution in [0.5, 0.6) is 0 Å². The Balaban J connectivity index is 1.38. The fraction of sp³-hybridized carbons (Fsp3) is 0.444. The topological polar surface area (TPSA) is 54.5 Å². The molecule has 1 aromatic carbocycles. The van der Waals surface area contributed by atoms with E-state index in [1.165, 1.54) is 37.3 Å². The lowest BCUT2D eigenvalue weighted by Crippen LogP contribution is -2.49. The number of amides is 1. The summed E-state index contributed by atoms with van der Waals surface area (Å²) in [5.41, 5.74) is 0.972. The zero-order valence-electron chi connectivity index (χ0n) is 13.8. The van der Waals surface area contributed by atoms with Gasteiger partial charge in [-0.1, -0.05) is 41.9 Å². The predicted octanol–water partition coefficient (Wildman–Crippen LogP) is 4.35. The standard InChI is InChI=1S/C18H20ClN3O2S/c19-17-20-16(15(25-17)13-4-2-1-3-5-13)21-18(23)24-11-14-10-22-8-6-12(14)7-9-22/h1-5,12,14H,6-11H2,(H,21,23). The molecule has 3 saturated heterocycles. The van der Waals surface area contributed by atoms with E-state index in [4.69, 9.17) is 16.3 Å². The highest BCUT2D eigenvalue weighted by Gasteiger charge is 2.34. The molecule has 3 aliphatic rings. The molecule has 5 nitrogen and oxygen atoms in total. The summed E-state index contributed by atoms with van der Waals surface area (Å²) in [6.07, 6.45) is 1.97. The molecule has 4 heterocycles. The first kappa shape index (κ1) is 16.8. The van der Waals surface area contributed by atoms with Crippen molar-refractivity contribution in [2.45, 2.75) is 12.8 Å². The van der Waals surface area contributed by atoms with Gasteiger partial charge in [0.2, 0.25) is 0 Å². The minimum atomic E-state index is -0.462. The number of halogens is 1. The average Bonchev–Trinajstić information content (AvgIpc) is 3.02. The first-order chi connectivity index (χ1) is 12.2. The third-order valence-corrected chi connectivity index (χ3v) is 6.29. The number of anilines is 1. The third-order valence-electron chi connectivity index (χ3n) is 5.08. The van der Waals surface area contributed by atoms with Crippen LogP contribution >= 0.6 is 22.9 Å². The SMILES string of the molecule is O=C(Nc1nc(Cl)sc1-c1ccccc1)OCC1CN2CCC1CC2. The second-order valence-electron chi connectivity index (χ2n) is 6.63. The van der Waals surface area contributed by atoms with E-state index in [9.17, 15) is 4.79 Å². The van der Waals surface area contributed by atoms with Gasteiger partial charge in [-0.3, -0.25) is 5.32 Å². The van der Waals surface area contributed by atoms with Gasteiger partial charge >= 0.3 is 6.09 Å². The molecule has 1 unspecified atom stereocenters. The second-order valence-corrected chi connectivity index (χ2v) is 8.21. The van der Waals surface area contributed by atoms with Gasteiger partial charge in [0.15, 0.2) is 10.3 Å². The summed E-state index contributed by atoms with van der Waals surface area (Å²) in [4.78, 5) is 19.7. The second kappa shape index (κ2) is 7.32. The Morgan fingerprint density at radius 3 is 2.76 bits per heavy atom. The Hall–Kier alpha value is -1.63. The highest BCUT2D eigenvalue weighted by Crippen LogP contribution is 2.36. The molecule has 3 fully saturated rings. The number of hydrogen-bond donors (Lipinski definition) is 1. The van der Waals surface area contributed by atoms with E-state index in [-0.39, 0.29) is 0 Å². The molecule has 0 radical (unpaired) electrons. The Kier molecular flexibility index (Phi) is 4.92. The van der Waals surface area contributed by atoms with Crippen LogP contribution in [-0.4, -0.2) is 42.2 Å². The summed E-state index contributed by atoms with van der Waals surface area (Å²) in [7, 11) is 0. The number of nitrogens with one attached hydrogen (secondary N) is 1. The van der Waals surface area contributed by atoms with Crippen LogP contribution in [0.3, 0.4) is 0 Å². The van der Waals surface area contributed by atoms with E-state index < -0.39 is 6.09 Å². The number of fused-ring (bicyclic) bond motifs is 3. The lowest BCUT2D eigenvalue weighted by molar-refractivity contribution is 0.0151. The van der Waals surface area contributed by atoms with Crippen LogP contribution in [0.1, 0.15) is 12.8 Å². The first-order valence-electron chi connectivity index (χ1n) is 8.57. The third kappa shape index (κ3) is 3.81. The maximum absolute atomic E-state index is 12.2. The van der Waals surface area contributed by atoms with Gasteiger partial charge in [-0.05, 0) is 37.4 Å². The summed E-state index contributed by atoms with van der Waals surface area (Å²) in [6, 6.07) is 9.76. The van der Waals surface area contributed by atoms with E-state index >= 15 is 0 Å². The molecule has 25 heavy (non-hydrogen) atoms. The van der Waals surface area contributed by atoms with Crippen LogP contribution in [0.15, 0.2) is 30.3 Å². The van der Waals surface area contributed by atoms with Gasteiger partial charge in [0.05, 0.1) is 11.5 Å². The summed E-state index contributed by atoms with van der Waals surface area (Å²) in [6.45, 7) is 3.87. The molecule has 2 aromatic rings. The summed E-state index contributed by atoms with van der Waals surface area (Å²) >= 11 is 7.39. The molecule has 0 saturated carbocycles. The van der Waals surface area contributed by atoms with Crippen LogP contribution in [0.4, 0.5) is 10.6 Å². The number of carbonyl (C=O) groups is 1. The van der Waals surface area contributed by atoms with Gasteiger partial charge in [-0.2, -0.15) is 0 Å². The monoisotopic (exact) mass is 377 g/mol. The highest BCUT2D eigenvalue weighted by atomic mass is 35.5. The maximum Gasteiger partial charge on any atom is 0.412 e. The van der Waals surface area contributed by atoms with Crippen molar-refractivity contribution in [2.75, 3.05) is 31.6 Å². The number of aromatic nitrogens is 1. The molecule has 0 aliphatic carbocycles. The zero-order chi connectivity index (χ0) is 17.2. The van der Waals surface area contributed by atoms with Crippen molar-refractivity contribution in [3.63, 3.8) is 0 Å². The molecule has 1 N–H and O–H groups in total. The van der Waals surface area contributed by atoms with Crippen LogP contribution in [0.2, 0.25) is 4.47 Å². The lowest BCUT2D eigenvalue weighted by Gasteiger charge is -2.44. The van der Waals surface area contributed by atoms with Crippen molar-refractivity contribution >= 4 is 34.8 Å².